The second-order valence-electron chi connectivity index (χ2n) is 7.17. The molecule has 9 heteroatoms. The van der Waals surface area contributed by atoms with Crippen molar-refractivity contribution in [2.24, 2.45) is 5.92 Å². The summed E-state index contributed by atoms with van der Waals surface area (Å²) in [5, 5.41) is 10.5. The molecular weight excluding hydrogens is 379 g/mol. The number of H-pyrrole nitrogens is 1. The monoisotopic (exact) mass is 396 g/mol. The smallest absolute Gasteiger partial charge is 0.262 e. The fourth-order valence-electron chi connectivity index (χ4n) is 3.50. The highest BCUT2D eigenvalue weighted by Gasteiger charge is 2.33. The number of likely N-dealkylation sites (tertiary alicyclic amines) is 1. The molecule has 0 spiro atoms. The van der Waals surface area contributed by atoms with Crippen LogP contribution in [0, 0.1) is 11.7 Å². The molecule has 0 unspecified atom stereocenters. The van der Waals surface area contributed by atoms with Crippen LogP contribution in [0.2, 0.25) is 0 Å². The van der Waals surface area contributed by atoms with E-state index in [1.54, 1.807) is 11.1 Å². The van der Waals surface area contributed by atoms with E-state index in [9.17, 15) is 14.0 Å². The van der Waals surface area contributed by atoms with Crippen LogP contribution >= 0.6 is 0 Å². The van der Waals surface area contributed by atoms with Crippen molar-refractivity contribution in [3.8, 4) is 11.5 Å². The lowest BCUT2D eigenvalue weighted by Gasteiger charge is -2.39. The SMILES string of the molecule is O=C1COc2cc(F)c(C(=O)N3CC(COc4ccc5cn[nH]c5c4)C3)cc2N1. The maximum Gasteiger partial charge on any atom is 0.262 e. The topological polar surface area (TPSA) is 96.6 Å². The number of amides is 2. The van der Waals surface area contributed by atoms with Crippen LogP contribution in [-0.2, 0) is 4.79 Å². The number of ether oxygens (including phenoxy) is 2. The molecule has 2 aliphatic rings. The molecule has 0 atom stereocenters. The van der Waals surface area contributed by atoms with Crippen molar-refractivity contribution in [1.29, 1.82) is 0 Å². The number of carbonyl (C=O) groups is 2. The van der Waals surface area contributed by atoms with Gasteiger partial charge < -0.3 is 19.7 Å². The van der Waals surface area contributed by atoms with Gasteiger partial charge in [0.15, 0.2) is 6.61 Å². The van der Waals surface area contributed by atoms with Crippen molar-refractivity contribution in [2.75, 3.05) is 31.6 Å². The lowest BCUT2D eigenvalue weighted by Crippen LogP contribution is -2.52. The van der Waals surface area contributed by atoms with Gasteiger partial charge in [-0.05, 0) is 18.2 Å². The quantitative estimate of drug-likeness (QED) is 0.705. The molecule has 2 amide bonds. The summed E-state index contributed by atoms with van der Waals surface area (Å²) in [7, 11) is 0. The molecule has 5 rings (SSSR count). The van der Waals surface area contributed by atoms with E-state index in [-0.39, 0.29) is 29.7 Å². The van der Waals surface area contributed by atoms with Gasteiger partial charge in [0.2, 0.25) is 0 Å². The Morgan fingerprint density at radius 2 is 2.17 bits per heavy atom. The molecule has 2 N–H and O–H groups in total. The summed E-state index contributed by atoms with van der Waals surface area (Å²) in [4.78, 5) is 25.6. The minimum atomic E-state index is -0.669. The summed E-state index contributed by atoms with van der Waals surface area (Å²) in [5.41, 5.74) is 1.12. The minimum Gasteiger partial charge on any atom is -0.493 e. The molecule has 0 radical (unpaired) electrons. The zero-order chi connectivity index (χ0) is 20.0. The van der Waals surface area contributed by atoms with Gasteiger partial charge >= 0.3 is 0 Å². The van der Waals surface area contributed by atoms with Gasteiger partial charge in [0.1, 0.15) is 17.3 Å². The number of fused-ring (bicyclic) bond motifs is 2. The Morgan fingerprint density at radius 3 is 3.03 bits per heavy atom. The van der Waals surface area contributed by atoms with E-state index >= 15 is 0 Å². The van der Waals surface area contributed by atoms with Gasteiger partial charge in [-0.3, -0.25) is 14.7 Å². The normalized spacial score (nSPS) is 16.0. The summed E-state index contributed by atoms with van der Waals surface area (Å²) in [5.74, 6) is -0.305. The van der Waals surface area contributed by atoms with Crippen molar-refractivity contribution in [3.05, 3.63) is 47.9 Å². The van der Waals surface area contributed by atoms with E-state index in [1.165, 1.54) is 6.07 Å². The van der Waals surface area contributed by atoms with Gasteiger partial charge in [-0.15, -0.1) is 0 Å². The third kappa shape index (κ3) is 3.24. The summed E-state index contributed by atoms with van der Waals surface area (Å²) in [6, 6.07) is 8.13. The molecule has 148 valence electrons. The number of rotatable bonds is 4. The molecule has 3 heterocycles. The van der Waals surface area contributed by atoms with E-state index in [0.717, 1.165) is 22.7 Å². The Kier molecular flexibility index (Phi) is 4.08. The molecular formula is C20H17FN4O4. The fourth-order valence-corrected chi connectivity index (χ4v) is 3.50. The number of benzene rings is 2. The number of halogens is 1. The Morgan fingerprint density at radius 1 is 1.31 bits per heavy atom. The predicted octanol–water partition coefficient (Wildman–Crippen LogP) is 2.18. The minimum absolute atomic E-state index is 0.0846. The number of hydrogen-bond acceptors (Lipinski definition) is 5. The van der Waals surface area contributed by atoms with Crippen LogP contribution < -0.4 is 14.8 Å². The molecule has 2 aliphatic heterocycles. The Bertz CT molecular complexity index is 1120. The molecule has 2 aromatic carbocycles. The first kappa shape index (κ1) is 17.5. The van der Waals surface area contributed by atoms with Crippen LogP contribution in [0.25, 0.3) is 10.9 Å². The highest BCUT2D eigenvalue weighted by atomic mass is 19.1. The largest absolute Gasteiger partial charge is 0.493 e. The molecule has 0 bridgehead atoms. The molecule has 1 saturated heterocycles. The van der Waals surface area contributed by atoms with Gasteiger partial charge in [-0.2, -0.15) is 5.10 Å². The van der Waals surface area contributed by atoms with E-state index in [1.807, 2.05) is 18.2 Å². The number of anilines is 1. The van der Waals surface area contributed by atoms with Crippen LogP contribution in [-0.4, -0.2) is 53.2 Å². The lowest BCUT2D eigenvalue weighted by atomic mass is 9.99. The van der Waals surface area contributed by atoms with Crippen LogP contribution in [0.1, 0.15) is 10.4 Å². The fraction of sp³-hybridized carbons (Fsp3) is 0.250. The molecule has 29 heavy (non-hydrogen) atoms. The van der Waals surface area contributed by atoms with Gasteiger partial charge in [-0.25, -0.2) is 4.39 Å². The van der Waals surface area contributed by atoms with Crippen LogP contribution in [0.15, 0.2) is 36.5 Å². The standard InChI is InChI=1S/C20H17FN4O4/c21-15-5-18-17(23-19(26)10-29-18)4-14(15)20(27)25-7-11(8-25)9-28-13-2-1-12-6-22-24-16(12)3-13/h1-6,11H,7-10H2,(H,22,24)(H,23,26). The number of carbonyl (C=O) groups excluding carboxylic acids is 2. The van der Waals surface area contributed by atoms with Gasteiger partial charge in [-0.1, -0.05) is 0 Å². The third-order valence-corrected chi connectivity index (χ3v) is 5.08. The van der Waals surface area contributed by atoms with Crippen LogP contribution in [0.5, 0.6) is 11.5 Å². The van der Waals surface area contributed by atoms with E-state index < -0.39 is 11.7 Å². The van der Waals surface area contributed by atoms with Crippen molar-refractivity contribution >= 4 is 28.4 Å². The first-order valence-electron chi connectivity index (χ1n) is 9.18. The number of aromatic amines is 1. The summed E-state index contributed by atoms with van der Waals surface area (Å²) < 4.78 is 25.3. The van der Waals surface area contributed by atoms with Crippen LogP contribution in [0.3, 0.4) is 0 Å². The van der Waals surface area contributed by atoms with Crippen molar-refractivity contribution < 1.29 is 23.5 Å². The van der Waals surface area contributed by atoms with Crippen molar-refractivity contribution in [3.63, 3.8) is 0 Å². The zero-order valence-electron chi connectivity index (χ0n) is 15.3. The Labute approximate surface area is 164 Å². The summed E-state index contributed by atoms with van der Waals surface area (Å²) in [6.45, 7) is 1.25. The Balaban J connectivity index is 1.20. The number of aromatic nitrogens is 2. The Hall–Kier alpha value is -3.62. The third-order valence-electron chi connectivity index (χ3n) is 5.08. The second kappa shape index (κ2) is 6.77. The van der Waals surface area contributed by atoms with Crippen LogP contribution in [0.4, 0.5) is 10.1 Å². The average molecular weight is 396 g/mol. The number of hydrogen-bond donors (Lipinski definition) is 2. The van der Waals surface area contributed by atoms with E-state index in [4.69, 9.17) is 9.47 Å². The van der Waals surface area contributed by atoms with Gasteiger partial charge in [0.25, 0.3) is 11.8 Å². The molecule has 8 nitrogen and oxygen atoms in total. The summed E-state index contributed by atoms with van der Waals surface area (Å²) >= 11 is 0. The lowest BCUT2D eigenvalue weighted by molar-refractivity contribution is -0.118. The summed E-state index contributed by atoms with van der Waals surface area (Å²) in [6.07, 6.45) is 1.74. The van der Waals surface area contributed by atoms with Gasteiger partial charge in [0, 0.05) is 36.5 Å². The molecule has 0 saturated carbocycles. The first-order valence-corrected chi connectivity index (χ1v) is 9.18. The average Bonchev–Trinajstić information content (AvgIpc) is 3.14. The van der Waals surface area contributed by atoms with Crippen molar-refractivity contribution in [1.82, 2.24) is 15.1 Å². The zero-order valence-corrected chi connectivity index (χ0v) is 15.3. The maximum atomic E-state index is 14.3. The highest BCUT2D eigenvalue weighted by Crippen LogP contribution is 2.32. The van der Waals surface area contributed by atoms with E-state index in [0.29, 0.717) is 25.4 Å². The second-order valence-corrected chi connectivity index (χ2v) is 7.17. The van der Waals surface area contributed by atoms with Gasteiger partial charge in [0.05, 0.1) is 29.6 Å². The van der Waals surface area contributed by atoms with E-state index in [2.05, 4.69) is 15.5 Å². The highest BCUT2D eigenvalue weighted by molar-refractivity contribution is 6.00. The first-order chi connectivity index (χ1) is 14.1. The predicted molar refractivity (Wildman–Crippen MR) is 102 cm³/mol. The van der Waals surface area contributed by atoms with Crippen molar-refractivity contribution in [2.45, 2.75) is 0 Å². The number of nitrogens with zero attached hydrogens (tertiary/aromatic N) is 2. The molecule has 1 aromatic heterocycles. The maximum absolute atomic E-state index is 14.3. The molecule has 1 fully saturated rings. The number of nitrogens with one attached hydrogen (secondary N) is 2. The molecule has 0 aliphatic carbocycles. The molecule has 3 aromatic rings.